The number of carbonyl (C=O) groups excluding carboxylic acids is 1. The molecule has 0 aromatic carbocycles. The van der Waals surface area contributed by atoms with Gasteiger partial charge in [0.25, 0.3) is 0 Å². The van der Waals surface area contributed by atoms with E-state index < -0.39 is 17.2 Å². The molecule has 0 unspecified atom stereocenters. The predicted molar refractivity (Wildman–Crippen MR) is 72.7 cm³/mol. The van der Waals surface area contributed by atoms with E-state index in [1.54, 1.807) is 0 Å². The van der Waals surface area contributed by atoms with E-state index >= 15 is 0 Å². The van der Waals surface area contributed by atoms with E-state index in [1.165, 1.54) is 0 Å². The van der Waals surface area contributed by atoms with Crippen LogP contribution in [0.5, 0.6) is 0 Å². The standard InChI is InChI=1S/C10H18F3N3OS.ClH/c11-10(12,13)18-8-9(17)15-2-1-5-16-6-3-14-4-7-16;/h14H,1-8H2,(H,15,17);1H. The summed E-state index contributed by atoms with van der Waals surface area (Å²) >= 11 is -0.303. The summed E-state index contributed by atoms with van der Waals surface area (Å²) in [5, 5.41) is 5.73. The molecule has 2 N–H and O–H groups in total. The van der Waals surface area contributed by atoms with Crippen molar-refractivity contribution in [2.24, 2.45) is 0 Å². The lowest BCUT2D eigenvalue weighted by atomic mass is 10.3. The zero-order chi connectivity index (χ0) is 13.4. The molecule has 0 atom stereocenters. The first-order valence-electron chi connectivity index (χ1n) is 5.88. The minimum absolute atomic E-state index is 0. The van der Waals surface area contributed by atoms with Crippen LogP contribution in [0.25, 0.3) is 0 Å². The van der Waals surface area contributed by atoms with Crippen LogP contribution in [0.15, 0.2) is 0 Å². The van der Waals surface area contributed by atoms with Crippen molar-refractivity contribution in [2.75, 3.05) is 45.0 Å². The van der Waals surface area contributed by atoms with Crippen molar-refractivity contribution in [3.05, 3.63) is 0 Å². The number of halogens is 4. The molecule has 0 saturated carbocycles. The first-order chi connectivity index (χ1) is 8.47. The Morgan fingerprint density at radius 1 is 1.32 bits per heavy atom. The second-order valence-corrected chi connectivity index (χ2v) is 5.07. The molecule has 9 heteroatoms. The Hall–Kier alpha value is -0.180. The number of rotatable bonds is 6. The average molecular weight is 322 g/mol. The van der Waals surface area contributed by atoms with Gasteiger partial charge in [-0.05, 0) is 24.7 Å². The predicted octanol–water partition coefficient (Wildman–Crippen LogP) is 1.07. The van der Waals surface area contributed by atoms with Gasteiger partial charge in [-0.2, -0.15) is 13.2 Å². The van der Waals surface area contributed by atoms with Gasteiger partial charge in [0, 0.05) is 32.7 Å². The second kappa shape index (κ2) is 9.68. The van der Waals surface area contributed by atoms with Crippen LogP contribution in [-0.4, -0.2) is 61.3 Å². The van der Waals surface area contributed by atoms with E-state index in [0.29, 0.717) is 6.54 Å². The fourth-order valence-corrected chi connectivity index (χ4v) is 2.06. The Balaban J connectivity index is 0.00000324. The molecule has 0 spiro atoms. The van der Waals surface area contributed by atoms with E-state index in [-0.39, 0.29) is 24.2 Å². The maximum Gasteiger partial charge on any atom is 0.442 e. The van der Waals surface area contributed by atoms with Gasteiger partial charge in [-0.3, -0.25) is 4.79 Å². The third kappa shape index (κ3) is 10.3. The summed E-state index contributed by atoms with van der Waals surface area (Å²) in [6.07, 6.45) is 0.766. The zero-order valence-corrected chi connectivity index (χ0v) is 12.1. The highest BCUT2D eigenvalue weighted by Crippen LogP contribution is 2.29. The lowest BCUT2D eigenvalue weighted by molar-refractivity contribution is -0.118. The Bertz CT molecular complexity index is 263. The molecule has 19 heavy (non-hydrogen) atoms. The number of thioether (sulfide) groups is 1. The molecule has 1 aliphatic heterocycles. The van der Waals surface area contributed by atoms with E-state index in [1.807, 2.05) is 0 Å². The van der Waals surface area contributed by atoms with Crippen LogP contribution in [0.3, 0.4) is 0 Å². The smallest absolute Gasteiger partial charge is 0.355 e. The van der Waals surface area contributed by atoms with Gasteiger partial charge >= 0.3 is 5.51 Å². The molecule has 1 rings (SSSR count). The van der Waals surface area contributed by atoms with Gasteiger partial charge in [0.1, 0.15) is 0 Å². The van der Waals surface area contributed by atoms with Crippen molar-refractivity contribution in [3.8, 4) is 0 Å². The molecule has 0 aromatic heterocycles. The molecule has 1 saturated heterocycles. The molecule has 1 amide bonds. The van der Waals surface area contributed by atoms with Crippen LogP contribution in [0, 0.1) is 0 Å². The summed E-state index contributed by atoms with van der Waals surface area (Å²) in [6, 6.07) is 0. The minimum atomic E-state index is -4.34. The molecular weight excluding hydrogens is 303 g/mol. The quantitative estimate of drug-likeness (QED) is 0.718. The number of hydrogen-bond acceptors (Lipinski definition) is 4. The van der Waals surface area contributed by atoms with E-state index in [2.05, 4.69) is 15.5 Å². The fourth-order valence-electron chi connectivity index (χ4n) is 1.66. The molecule has 1 fully saturated rings. The minimum Gasteiger partial charge on any atom is -0.355 e. The SMILES string of the molecule is Cl.O=C(CSC(F)(F)F)NCCCN1CCNCC1. The maximum atomic E-state index is 11.8. The van der Waals surface area contributed by atoms with Crippen molar-refractivity contribution < 1.29 is 18.0 Å². The van der Waals surface area contributed by atoms with Crippen LogP contribution in [0.4, 0.5) is 13.2 Å². The monoisotopic (exact) mass is 321 g/mol. The van der Waals surface area contributed by atoms with Crippen molar-refractivity contribution >= 4 is 30.1 Å². The maximum absolute atomic E-state index is 11.8. The van der Waals surface area contributed by atoms with Crippen LogP contribution < -0.4 is 10.6 Å². The molecule has 0 aromatic rings. The molecule has 0 aliphatic carbocycles. The Morgan fingerprint density at radius 2 is 1.95 bits per heavy atom. The Morgan fingerprint density at radius 3 is 2.53 bits per heavy atom. The summed E-state index contributed by atoms with van der Waals surface area (Å²) in [4.78, 5) is 13.4. The van der Waals surface area contributed by atoms with Gasteiger partial charge in [0.2, 0.25) is 5.91 Å². The Kier molecular flexibility index (Phi) is 9.59. The lowest BCUT2D eigenvalue weighted by Gasteiger charge is -2.27. The molecule has 1 heterocycles. The van der Waals surface area contributed by atoms with Gasteiger partial charge in [-0.25, -0.2) is 0 Å². The molecule has 114 valence electrons. The van der Waals surface area contributed by atoms with Crippen LogP contribution in [-0.2, 0) is 4.79 Å². The number of nitrogens with one attached hydrogen (secondary N) is 2. The zero-order valence-electron chi connectivity index (χ0n) is 10.5. The number of alkyl halides is 3. The first kappa shape index (κ1) is 18.8. The molecule has 0 radical (unpaired) electrons. The highest BCUT2D eigenvalue weighted by Gasteiger charge is 2.29. The van der Waals surface area contributed by atoms with E-state index in [4.69, 9.17) is 0 Å². The highest BCUT2D eigenvalue weighted by atomic mass is 35.5. The Labute approximate surface area is 121 Å². The van der Waals surface area contributed by atoms with Crippen molar-refractivity contribution in [1.82, 2.24) is 15.5 Å². The average Bonchev–Trinajstić information content (AvgIpc) is 2.33. The van der Waals surface area contributed by atoms with Crippen molar-refractivity contribution in [3.63, 3.8) is 0 Å². The third-order valence-corrected chi connectivity index (χ3v) is 3.28. The molecule has 1 aliphatic rings. The van der Waals surface area contributed by atoms with Crippen LogP contribution in [0.1, 0.15) is 6.42 Å². The van der Waals surface area contributed by atoms with Gasteiger partial charge in [-0.15, -0.1) is 12.4 Å². The number of carbonyl (C=O) groups is 1. The summed E-state index contributed by atoms with van der Waals surface area (Å²) in [5.74, 6) is -1.12. The van der Waals surface area contributed by atoms with Crippen molar-refractivity contribution in [2.45, 2.75) is 11.9 Å². The van der Waals surface area contributed by atoms with E-state index in [9.17, 15) is 18.0 Å². The topological polar surface area (TPSA) is 44.4 Å². The first-order valence-corrected chi connectivity index (χ1v) is 6.86. The fraction of sp³-hybridized carbons (Fsp3) is 0.900. The van der Waals surface area contributed by atoms with Crippen LogP contribution in [0.2, 0.25) is 0 Å². The van der Waals surface area contributed by atoms with Gasteiger partial charge in [0.15, 0.2) is 0 Å². The number of piperazine rings is 1. The third-order valence-electron chi connectivity index (χ3n) is 2.55. The summed E-state index contributed by atoms with van der Waals surface area (Å²) < 4.78 is 35.5. The van der Waals surface area contributed by atoms with Gasteiger partial charge < -0.3 is 15.5 Å². The van der Waals surface area contributed by atoms with Crippen molar-refractivity contribution in [1.29, 1.82) is 0 Å². The van der Waals surface area contributed by atoms with Gasteiger partial charge in [0.05, 0.1) is 5.75 Å². The molecule has 4 nitrogen and oxygen atoms in total. The normalized spacial score (nSPS) is 16.8. The number of hydrogen-bond donors (Lipinski definition) is 2. The molecular formula is C10H19ClF3N3OS. The van der Waals surface area contributed by atoms with E-state index in [0.717, 1.165) is 39.1 Å². The number of nitrogens with zero attached hydrogens (tertiary/aromatic N) is 1. The highest BCUT2D eigenvalue weighted by molar-refractivity contribution is 8.00. The number of amides is 1. The summed E-state index contributed by atoms with van der Waals surface area (Å²) in [5.41, 5.74) is -4.34. The summed E-state index contributed by atoms with van der Waals surface area (Å²) in [7, 11) is 0. The van der Waals surface area contributed by atoms with Gasteiger partial charge in [-0.1, -0.05) is 0 Å². The van der Waals surface area contributed by atoms with Crippen LogP contribution >= 0.6 is 24.2 Å². The lowest BCUT2D eigenvalue weighted by Crippen LogP contribution is -2.44. The second-order valence-electron chi connectivity index (χ2n) is 4.03. The summed E-state index contributed by atoms with van der Waals surface area (Å²) in [6.45, 7) is 5.20. The molecule has 0 bridgehead atoms. The largest absolute Gasteiger partial charge is 0.442 e.